The molecule has 0 saturated carbocycles. The number of methoxy groups -OCH3 is 2. The zero-order chi connectivity index (χ0) is 19.1. The molecule has 0 saturated heterocycles. The highest BCUT2D eigenvalue weighted by Gasteiger charge is 2.16. The Kier molecular flexibility index (Phi) is 7.50. The van der Waals surface area contributed by atoms with Gasteiger partial charge in [0.15, 0.2) is 6.29 Å². The molecule has 2 aromatic heterocycles. The summed E-state index contributed by atoms with van der Waals surface area (Å²) in [5, 5.41) is 9.45. The first-order valence-corrected chi connectivity index (χ1v) is 9.00. The Balaban J connectivity index is 2.66. The van der Waals surface area contributed by atoms with Crippen LogP contribution in [0.25, 0.3) is 11.6 Å². The molecule has 26 heavy (non-hydrogen) atoms. The normalized spacial score (nSPS) is 12.0. The van der Waals surface area contributed by atoms with E-state index in [2.05, 4.69) is 41.8 Å². The largest absolute Gasteiger partial charge is 0.481 e. The van der Waals surface area contributed by atoms with Gasteiger partial charge in [0.2, 0.25) is 11.8 Å². The lowest BCUT2D eigenvalue weighted by Gasteiger charge is -2.13. The van der Waals surface area contributed by atoms with Crippen LogP contribution in [-0.2, 0) is 4.79 Å². The molecular weight excluding hydrogens is 468 g/mol. The molecule has 0 aliphatic carbocycles. The van der Waals surface area contributed by atoms with Gasteiger partial charge in [0.1, 0.15) is 0 Å². The number of hydrogen-bond acceptors (Lipinski definition) is 6. The van der Waals surface area contributed by atoms with Gasteiger partial charge in [-0.1, -0.05) is 6.08 Å². The molecule has 2 rings (SSSR count). The third-order valence-corrected chi connectivity index (χ3v) is 4.25. The number of aliphatic hydroxyl groups is 1. The van der Waals surface area contributed by atoms with Gasteiger partial charge >= 0.3 is 0 Å². The Morgan fingerprint density at radius 3 is 2.31 bits per heavy atom. The van der Waals surface area contributed by atoms with Crippen LogP contribution in [-0.4, -0.2) is 42.2 Å². The van der Waals surface area contributed by atoms with Crippen LogP contribution in [0, 0.1) is 0 Å². The number of rotatable bonds is 7. The molecule has 0 bridgehead atoms. The lowest BCUT2D eigenvalue weighted by molar-refractivity contribution is -0.104. The minimum Gasteiger partial charge on any atom is -0.481 e. The molecule has 0 spiro atoms. The number of hydrogen-bond donors (Lipinski definition) is 1. The van der Waals surface area contributed by atoms with Crippen molar-refractivity contribution in [1.29, 1.82) is 0 Å². The van der Waals surface area contributed by atoms with Crippen LogP contribution in [0.15, 0.2) is 45.1 Å². The van der Waals surface area contributed by atoms with Crippen LogP contribution < -0.4 is 9.47 Å². The topological polar surface area (TPSA) is 81.5 Å². The van der Waals surface area contributed by atoms with Gasteiger partial charge in [-0.2, -0.15) is 0 Å². The van der Waals surface area contributed by atoms with Crippen molar-refractivity contribution in [1.82, 2.24) is 9.97 Å². The predicted octanol–water partition coefficient (Wildman–Crippen LogP) is 3.68. The summed E-state index contributed by atoms with van der Waals surface area (Å²) in [4.78, 5) is 20.2. The third kappa shape index (κ3) is 4.78. The van der Waals surface area contributed by atoms with Gasteiger partial charge < -0.3 is 14.6 Å². The molecule has 0 aromatic carbocycles. The lowest BCUT2D eigenvalue weighted by Crippen LogP contribution is -2.00. The Hall–Kier alpha value is -2.03. The number of pyridine rings is 2. The van der Waals surface area contributed by atoms with Crippen molar-refractivity contribution in [2.45, 2.75) is 0 Å². The van der Waals surface area contributed by atoms with Crippen LogP contribution in [0.1, 0.15) is 11.1 Å². The van der Waals surface area contributed by atoms with Gasteiger partial charge in [-0.15, -0.1) is 0 Å². The van der Waals surface area contributed by atoms with E-state index < -0.39 is 0 Å². The van der Waals surface area contributed by atoms with E-state index in [9.17, 15) is 9.90 Å². The van der Waals surface area contributed by atoms with Crippen molar-refractivity contribution < 1.29 is 19.4 Å². The van der Waals surface area contributed by atoms with Crippen molar-refractivity contribution in [2.24, 2.45) is 0 Å². The maximum absolute atomic E-state index is 11.8. The first kappa shape index (κ1) is 20.3. The summed E-state index contributed by atoms with van der Waals surface area (Å²) < 4.78 is 12.0. The highest BCUT2D eigenvalue weighted by molar-refractivity contribution is 9.10. The van der Waals surface area contributed by atoms with E-state index in [1.165, 1.54) is 20.3 Å². The van der Waals surface area contributed by atoms with Crippen LogP contribution in [0.5, 0.6) is 11.8 Å². The molecular formula is C18H16Br2N2O4. The summed E-state index contributed by atoms with van der Waals surface area (Å²) >= 11 is 6.72. The maximum atomic E-state index is 11.8. The van der Waals surface area contributed by atoms with Crippen LogP contribution >= 0.6 is 31.9 Å². The van der Waals surface area contributed by atoms with E-state index in [0.29, 0.717) is 44.8 Å². The fraction of sp³-hybridized carbons (Fsp3) is 0.167. The van der Waals surface area contributed by atoms with Gasteiger partial charge in [0, 0.05) is 38.0 Å². The highest BCUT2D eigenvalue weighted by Crippen LogP contribution is 2.33. The van der Waals surface area contributed by atoms with E-state index in [0.717, 1.165) is 4.47 Å². The number of allylic oxidation sites excluding steroid dienone is 2. The Morgan fingerprint density at radius 2 is 1.73 bits per heavy atom. The minimum atomic E-state index is -0.260. The summed E-state index contributed by atoms with van der Waals surface area (Å²) in [6.45, 7) is -0.260. The van der Waals surface area contributed by atoms with Gasteiger partial charge in [-0.25, -0.2) is 9.97 Å². The molecule has 1 N–H and O–H groups in total. The van der Waals surface area contributed by atoms with Crippen LogP contribution in [0.3, 0.4) is 0 Å². The molecule has 0 fully saturated rings. The molecule has 2 heterocycles. The molecule has 6 nitrogen and oxygen atoms in total. The number of aliphatic hydroxyl groups excluding tert-OH is 1. The number of nitrogens with zero attached hydrogens (tertiary/aromatic N) is 2. The molecule has 0 aliphatic rings. The van der Waals surface area contributed by atoms with E-state index in [1.54, 1.807) is 30.6 Å². The quantitative estimate of drug-likeness (QED) is 0.367. The molecule has 136 valence electrons. The second-order valence-electron chi connectivity index (χ2n) is 4.98. The summed E-state index contributed by atoms with van der Waals surface area (Å²) in [6, 6.07) is 3.54. The number of ether oxygens (including phenoxy) is 2. The fourth-order valence-corrected chi connectivity index (χ4v) is 3.00. The predicted molar refractivity (Wildman–Crippen MR) is 106 cm³/mol. The van der Waals surface area contributed by atoms with E-state index in [-0.39, 0.29) is 6.61 Å². The van der Waals surface area contributed by atoms with Crippen molar-refractivity contribution in [2.75, 3.05) is 20.8 Å². The van der Waals surface area contributed by atoms with Gasteiger partial charge in [-0.3, -0.25) is 4.79 Å². The van der Waals surface area contributed by atoms with Crippen molar-refractivity contribution in [3.8, 4) is 11.8 Å². The van der Waals surface area contributed by atoms with Crippen LogP contribution in [0.2, 0.25) is 0 Å². The molecule has 0 radical (unpaired) electrons. The van der Waals surface area contributed by atoms with Crippen molar-refractivity contribution in [3.63, 3.8) is 0 Å². The lowest BCUT2D eigenvalue weighted by atomic mass is 9.97. The van der Waals surface area contributed by atoms with Crippen molar-refractivity contribution in [3.05, 3.63) is 56.2 Å². The Bertz CT molecular complexity index is 866. The summed E-state index contributed by atoms with van der Waals surface area (Å²) in [5.41, 5.74) is 1.97. The SMILES string of the molecule is COc1ncc(Br)cc1/C=C(/C=O)C(=CCO)c1cc(Br)cnc1OC. The number of halogens is 2. The third-order valence-electron chi connectivity index (χ3n) is 3.38. The van der Waals surface area contributed by atoms with Crippen LogP contribution in [0.4, 0.5) is 0 Å². The zero-order valence-corrected chi connectivity index (χ0v) is 17.2. The van der Waals surface area contributed by atoms with Crippen molar-refractivity contribution >= 4 is 49.8 Å². The Morgan fingerprint density at radius 1 is 1.12 bits per heavy atom. The summed E-state index contributed by atoms with van der Waals surface area (Å²) in [5.74, 6) is 0.704. The molecule has 0 atom stereocenters. The van der Waals surface area contributed by atoms with Gasteiger partial charge in [0.25, 0.3) is 0 Å². The number of aldehydes is 1. The first-order chi connectivity index (χ1) is 12.5. The van der Waals surface area contributed by atoms with E-state index in [1.807, 2.05) is 0 Å². The first-order valence-electron chi connectivity index (χ1n) is 7.41. The van der Waals surface area contributed by atoms with Gasteiger partial charge in [-0.05, 0) is 55.6 Å². The number of carbonyl (C=O) groups excluding carboxylic acids is 1. The number of carbonyl (C=O) groups is 1. The maximum Gasteiger partial charge on any atom is 0.221 e. The minimum absolute atomic E-state index is 0.260. The average molecular weight is 484 g/mol. The molecule has 8 heteroatoms. The monoisotopic (exact) mass is 482 g/mol. The fourth-order valence-electron chi connectivity index (χ4n) is 2.32. The smallest absolute Gasteiger partial charge is 0.221 e. The second kappa shape index (κ2) is 9.61. The summed E-state index contributed by atoms with van der Waals surface area (Å²) in [6.07, 6.45) is 7.03. The molecule has 0 unspecified atom stereocenters. The zero-order valence-electron chi connectivity index (χ0n) is 14.1. The van der Waals surface area contributed by atoms with Gasteiger partial charge in [0.05, 0.1) is 20.8 Å². The molecule has 2 aromatic rings. The number of aromatic nitrogens is 2. The van der Waals surface area contributed by atoms with E-state index >= 15 is 0 Å². The van der Waals surface area contributed by atoms with E-state index in [4.69, 9.17) is 9.47 Å². The molecule has 0 amide bonds. The summed E-state index contributed by atoms with van der Waals surface area (Å²) in [7, 11) is 2.99. The Labute approximate surface area is 167 Å². The average Bonchev–Trinajstić information content (AvgIpc) is 2.64. The standard InChI is InChI=1S/C18H16Br2N2O4/c1-25-17-11(6-13(19)8-21-17)5-12(10-24)15(3-4-23)16-7-14(20)9-22-18(16)26-2/h3,5-10,23H,4H2,1-2H3/b12-5-,15-3?. The highest BCUT2D eigenvalue weighted by atomic mass is 79.9. The second-order valence-corrected chi connectivity index (χ2v) is 6.81. The molecule has 0 aliphatic heterocycles.